The van der Waals surface area contributed by atoms with Crippen LogP contribution in [0.15, 0.2) is 35.3 Å². The zero-order chi connectivity index (χ0) is 14.7. The predicted molar refractivity (Wildman–Crippen MR) is 74.9 cm³/mol. The molecular weight excluding hydrogens is 256 g/mol. The van der Waals surface area contributed by atoms with Crippen LogP contribution in [-0.4, -0.2) is 22.6 Å². The van der Waals surface area contributed by atoms with Gasteiger partial charge in [0.25, 0.3) is 5.56 Å². The lowest BCUT2D eigenvalue weighted by Crippen LogP contribution is -2.30. The third kappa shape index (κ3) is 2.77. The molecule has 0 fully saturated rings. The highest BCUT2D eigenvalue weighted by molar-refractivity contribution is 5.88. The van der Waals surface area contributed by atoms with Crippen LogP contribution in [0.3, 0.4) is 0 Å². The fourth-order valence-corrected chi connectivity index (χ4v) is 2.00. The molecule has 0 bridgehead atoms. The van der Waals surface area contributed by atoms with E-state index in [0.717, 1.165) is 11.1 Å². The molecule has 0 aliphatic carbocycles. The van der Waals surface area contributed by atoms with Crippen LogP contribution in [0.4, 0.5) is 0 Å². The van der Waals surface area contributed by atoms with E-state index < -0.39 is 5.97 Å². The molecule has 104 valence electrons. The molecule has 5 nitrogen and oxygen atoms in total. The predicted octanol–water partition coefficient (Wildman–Crippen LogP) is 1.70. The summed E-state index contributed by atoms with van der Waals surface area (Å²) < 4.78 is 6.06. The Labute approximate surface area is 116 Å². The van der Waals surface area contributed by atoms with E-state index in [1.807, 2.05) is 31.2 Å². The molecule has 0 radical (unpaired) electrons. The number of carbonyl (C=O) groups excluding carboxylic acids is 1. The molecule has 1 aromatic carbocycles. The number of aromatic nitrogens is 2. The maximum atomic E-state index is 12.3. The van der Waals surface area contributed by atoms with Gasteiger partial charge >= 0.3 is 5.97 Å². The van der Waals surface area contributed by atoms with Gasteiger partial charge in [0.05, 0.1) is 13.7 Å². The number of methoxy groups -OCH3 is 1. The number of esters is 1. The highest BCUT2D eigenvalue weighted by Crippen LogP contribution is 2.06. The summed E-state index contributed by atoms with van der Waals surface area (Å²) in [5, 5.41) is 0. The van der Waals surface area contributed by atoms with E-state index >= 15 is 0 Å². The standard InChI is InChI=1S/C15H16N2O3/c1-10-5-4-6-12(7-10)9-17-11(2)16-8-13(14(17)18)15(19)20-3/h4-8H,9H2,1-3H3. The summed E-state index contributed by atoms with van der Waals surface area (Å²) >= 11 is 0. The number of nitrogens with zero attached hydrogens (tertiary/aromatic N) is 2. The van der Waals surface area contributed by atoms with Crippen LogP contribution in [-0.2, 0) is 11.3 Å². The van der Waals surface area contributed by atoms with E-state index in [1.165, 1.54) is 17.9 Å². The summed E-state index contributed by atoms with van der Waals surface area (Å²) in [4.78, 5) is 27.9. The van der Waals surface area contributed by atoms with Gasteiger partial charge in [0, 0.05) is 6.20 Å². The number of hydrogen-bond donors (Lipinski definition) is 0. The first-order valence-electron chi connectivity index (χ1n) is 6.23. The van der Waals surface area contributed by atoms with Gasteiger partial charge in [0.15, 0.2) is 0 Å². The summed E-state index contributed by atoms with van der Waals surface area (Å²) in [6, 6.07) is 7.85. The Hall–Kier alpha value is -2.43. The minimum absolute atomic E-state index is 0.0502. The Morgan fingerprint density at radius 3 is 2.75 bits per heavy atom. The van der Waals surface area contributed by atoms with Crippen molar-refractivity contribution in [2.45, 2.75) is 20.4 Å². The first kappa shape index (κ1) is 14.0. The lowest BCUT2D eigenvalue weighted by Gasteiger charge is -2.11. The van der Waals surface area contributed by atoms with Gasteiger partial charge in [-0.15, -0.1) is 0 Å². The van der Waals surface area contributed by atoms with E-state index in [9.17, 15) is 9.59 Å². The number of aryl methyl sites for hydroxylation is 2. The molecule has 20 heavy (non-hydrogen) atoms. The van der Waals surface area contributed by atoms with Gasteiger partial charge < -0.3 is 4.74 Å². The minimum atomic E-state index is -0.666. The molecule has 0 saturated carbocycles. The molecule has 0 amide bonds. The van der Waals surface area contributed by atoms with Crippen LogP contribution in [0.2, 0.25) is 0 Å². The van der Waals surface area contributed by atoms with Crippen molar-refractivity contribution in [1.29, 1.82) is 0 Å². The smallest absolute Gasteiger partial charge is 0.345 e. The Balaban J connectivity index is 2.46. The van der Waals surface area contributed by atoms with Crippen LogP contribution in [0.1, 0.15) is 27.3 Å². The zero-order valence-electron chi connectivity index (χ0n) is 11.7. The van der Waals surface area contributed by atoms with Gasteiger partial charge in [-0.2, -0.15) is 0 Å². The fourth-order valence-electron chi connectivity index (χ4n) is 2.00. The van der Waals surface area contributed by atoms with Crippen molar-refractivity contribution >= 4 is 5.97 Å². The average Bonchev–Trinajstić information content (AvgIpc) is 2.43. The van der Waals surface area contributed by atoms with Gasteiger partial charge in [-0.05, 0) is 19.4 Å². The van der Waals surface area contributed by atoms with Gasteiger partial charge in [0.2, 0.25) is 0 Å². The number of ether oxygens (including phenoxy) is 1. The highest BCUT2D eigenvalue weighted by Gasteiger charge is 2.15. The quantitative estimate of drug-likeness (QED) is 0.798. The molecule has 0 saturated heterocycles. The van der Waals surface area contributed by atoms with E-state index in [1.54, 1.807) is 6.92 Å². The highest BCUT2D eigenvalue weighted by atomic mass is 16.5. The van der Waals surface area contributed by atoms with Gasteiger partial charge in [-0.3, -0.25) is 9.36 Å². The van der Waals surface area contributed by atoms with Crippen LogP contribution in [0.25, 0.3) is 0 Å². The second-order valence-corrected chi connectivity index (χ2v) is 4.59. The Morgan fingerprint density at radius 2 is 2.10 bits per heavy atom. The number of rotatable bonds is 3. The molecule has 2 aromatic rings. The van der Waals surface area contributed by atoms with E-state index in [0.29, 0.717) is 12.4 Å². The second kappa shape index (κ2) is 5.69. The van der Waals surface area contributed by atoms with Crippen molar-refractivity contribution in [3.05, 3.63) is 63.3 Å². The molecular formula is C15H16N2O3. The molecule has 0 aliphatic rings. The third-order valence-corrected chi connectivity index (χ3v) is 3.08. The Bertz CT molecular complexity index is 705. The molecule has 0 aliphatic heterocycles. The maximum absolute atomic E-state index is 12.3. The SMILES string of the molecule is COC(=O)c1cnc(C)n(Cc2cccc(C)c2)c1=O. The number of hydrogen-bond acceptors (Lipinski definition) is 4. The zero-order valence-corrected chi connectivity index (χ0v) is 11.7. The van der Waals surface area contributed by atoms with E-state index in [2.05, 4.69) is 9.72 Å². The monoisotopic (exact) mass is 272 g/mol. The first-order chi connectivity index (χ1) is 9.52. The van der Waals surface area contributed by atoms with Crippen LogP contribution in [0, 0.1) is 13.8 Å². The summed E-state index contributed by atoms with van der Waals surface area (Å²) in [5.41, 5.74) is 1.67. The first-order valence-corrected chi connectivity index (χ1v) is 6.23. The van der Waals surface area contributed by atoms with Crippen molar-refractivity contribution in [1.82, 2.24) is 9.55 Å². The van der Waals surface area contributed by atoms with Crippen molar-refractivity contribution in [3.63, 3.8) is 0 Å². The van der Waals surface area contributed by atoms with Crippen LogP contribution >= 0.6 is 0 Å². The van der Waals surface area contributed by atoms with Crippen molar-refractivity contribution < 1.29 is 9.53 Å². The largest absolute Gasteiger partial charge is 0.465 e. The van der Waals surface area contributed by atoms with E-state index in [-0.39, 0.29) is 11.1 Å². The molecule has 0 N–H and O–H groups in total. The minimum Gasteiger partial charge on any atom is -0.465 e. The summed E-state index contributed by atoms with van der Waals surface area (Å²) in [6.45, 7) is 4.10. The summed E-state index contributed by atoms with van der Waals surface area (Å²) in [7, 11) is 1.24. The fraction of sp³-hybridized carbons (Fsp3) is 0.267. The number of benzene rings is 1. The lowest BCUT2D eigenvalue weighted by atomic mass is 10.1. The van der Waals surface area contributed by atoms with Crippen LogP contribution < -0.4 is 5.56 Å². The average molecular weight is 272 g/mol. The van der Waals surface area contributed by atoms with Crippen molar-refractivity contribution in [2.24, 2.45) is 0 Å². The molecule has 0 spiro atoms. The van der Waals surface area contributed by atoms with E-state index in [4.69, 9.17) is 0 Å². The maximum Gasteiger partial charge on any atom is 0.345 e. The van der Waals surface area contributed by atoms with Gasteiger partial charge in [-0.1, -0.05) is 29.8 Å². The second-order valence-electron chi connectivity index (χ2n) is 4.59. The Morgan fingerprint density at radius 1 is 1.35 bits per heavy atom. The van der Waals surface area contributed by atoms with Gasteiger partial charge in [0.1, 0.15) is 11.4 Å². The number of carbonyl (C=O) groups is 1. The van der Waals surface area contributed by atoms with Crippen molar-refractivity contribution in [3.8, 4) is 0 Å². The summed E-state index contributed by atoms with van der Waals surface area (Å²) in [5.74, 6) is -0.107. The molecule has 1 aromatic heterocycles. The molecule has 0 atom stereocenters. The third-order valence-electron chi connectivity index (χ3n) is 3.08. The Kier molecular flexibility index (Phi) is 3.98. The van der Waals surface area contributed by atoms with Crippen molar-refractivity contribution in [2.75, 3.05) is 7.11 Å². The lowest BCUT2D eigenvalue weighted by molar-refractivity contribution is 0.0597. The molecule has 1 heterocycles. The summed E-state index contributed by atoms with van der Waals surface area (Å²) in [6.07, 6.45) is 1.26. The van der Waals surface area contributed by atoms with Crippen LogP contribution in [0.5, 0.6) is 0 Å². The van der Waals surface area contributed by atoms with Gasteiger partial charge in [-0.25, -0.2) is 9.78 Å². The molecule has 5 heteroatoms. The normalized spacial score (nSPS) is 10.3. The topological polar surface area (TPSA) is 61.2 Å². The molecule has 0 unspecified atom stereocenters. The molecule has 2 rings (SSSR count).